The highest BCUT2D eigenvalue weighted by Gasteiger charge is 2.44. The number of rotatable bonds is 2. The Kier molecular flexibility index (Phi) is 4.98. The Morgan fingerprint density at radius 3 is 2.65 bits per heavy atom. The van der Waals surface area contributed by atoms with E-state index in [0.717, 1.165) is 5.46 Å². The van der Waals surface area contributed by atoms with Gasteiger partial charge in [0.05, 0.1) is 25.0 Å². The molecule has 0 saturated carbocycles. The zero-order chi connectivity index (χ0) is 17.2. The van der Waals surface area contributed by atoms with Crippen molar-refractivity contribution in [2.45, 2.75) is 46.3 Å². The molecule has 0 bridgehead atoms. The maximum absolute atomic E-state index is 9.12. The van der Waals surface area contributed by atoms with Crippen LogP contribution in [0.25, 0.3) is 5.52 Å². The summed E-state index contributed by atoms with van der Waals surface area (Å²) in [5, 5.41) is 13.3. The van der Waals surface area contributed by atoms with Crippen LogP contribution < -0.4 is 10.2 Å². The molecule has 1 aliphatic heterocycles. The molecule has 6 nitrogen and oxygen atoms in total. The van der Waals surface area contributed by atoms with Crippen LogP contribution in [0.1, 0.15) is 40.2 Å². The molecular formula is C16H22BN3O3. The summed E-state index contributed by atoms with van der Waals surface area (Å²) in [5.41, 5.74) is 1.58. The van der Waals surface area contributed by atoms with Gasteiger partial charge in [-0.15, -0.1) is 0 Å². The normalized spacial score (nSPS) is 19.2. The first-order valence-corrected chi connectivity index (χ1v) is 7.75. The number of nitriles is 1. The third-order valence-electron chi connectivity index (χ3n) is 3.93. The van der Waals surface area contributed by atoms with E-state index in [9.17, 15) is 0 Å². The fourth-order valence-corrected chi connectivity index (χ4v) is 2.37. The summed E-state index contributed by atoms with van der Waals surface area (Å²) in [6.45, 7) is 9.97. The van der Waals surface area contributed by atoms with Gasteiger partial charge in [-0.3, -0.25) is 0 Å². The number of ether oxygens (including phenoxy) is 1. The lowest BCUT2D eigenvalue weighted by molar-refractivity contribution is 0.0842. The number of nitrogens with zero attached hydrogens (tertiary/aromatic N) is 3. The Hall–Kier alpha value is -2.04. The number of hydrogen-bond acceptors (Lipinski definition) is 5. The number of aromatic nitrogens is 2. The fraction of sp³-hybridized carbons (Fsp3) is 0.500. The first-order valence-electron chi connectivity index (χ1n) is 7.75. The predicted molar refractivity (Wildman–Crippen MR) is 88.9 cm³/mol. The topological polar surface area (TPSA) is 68.8 Å². The molecule has 122 valence electrons. The minimum atomic E-state index is -0.469. The van der Waals surface area contributed by atoms with Crippen molar-refractivity contribution in [3.05, 3.63) is 24.0 Å². The van der Waals surface area contributed by atoms with Gasteiger partial charge in [-0.05, 0) is 26.8 Å². The molecule has 0 aromatic carbocycles. The van der Waals surface area contributed by atoms with Crippen molar-refractivity contribution in [2.24, 2.45) is 0 Å². The van der Waals surface area contributed by atoms with Crippen LogP contribution in [-0.2, 0) is 9.31 Å². The van der Waals surface area contributed by atoms with Gasteiger partial charge in [-0.2, -0.15) is 10.4 Å². The molecule has 0 amide bonds. The van der Waals surface area contributed by atoms with E-state index in [1.54, 1.807) is 17.8 Å². The molecule has 1 atom stereocenters. The predicted octanol–water partition coefficient (Wildman–Crippen LogP) is 2.15. The van der Waals surface area contributed by atoms with Gasteiger partial charge in [0.2, 0.25) is 0 Å². The van der Waals surface area contributed by atoms with Gasteiger partial charge in [0.1, 0.15) is 22.9 Å². The average Bonchev–Trinajstić information content (AvgIpc) is 3.09. The standard InChI is InChI=1S/C14H16BN3O3.C2H6/c1-9-14(2,3)21-15(20-9)11-5-12(19-4)13-10(6-16)7-17-18(13)8-11;1-2/h5,7-9H,1-4H3;1-2H3. The molecule has 7 heteroatoms. The average molecular weight is 315 g/mol. The summed E-state index contributed by atoms with van der Waals surface area (Å²) in [6, 6.07) is 3.94. The van der Waals surface area contributed by atoms with Crippen LogP contribution >= 0.6 is 0 Å². The highest BCUT2D eigenvalue weighted by Crippen LogP contribution is 2.28. The number of pyridine rings is 1. The molecule has 0 radical (unpaired) electrons. The summed E-state index contributed by atoms with van der Waals surface area (Å²) < 4.78 is 18.8. The summed E-state index contributed by atoms with van der Waals surface area (Å²) in [6.07, 6.45) is 3.30. The van der Waals surface area contributed by atoms with E-state index >= 15 is 0 Å². The second-order valence-electron chi connectivity index (χ2n) is 5.64. The van der Waals surface area contributed by atoms with Crippen molar-refractivity contribution in [2.75, 3.05) is 7.11 Å². The fourth-order valence-electron chi connectivity index (χ4n) is 2.37. The first kappa shape index (κ1) is 17.3. The van der Waals surface area contributed by atoms with E-state index in [-0.39, 0.29) is 11.7 Å². The van der Waals surface area contributed by atoms with Gasteiger partial charge in [-0.25, -0.2) is 4.52 Å². The van der Waals surface area contributed by atoms with Crippen LogP contribution in [0.5, 0.6) is 5.75 Å². The summed E-state index contributed by atoms with van der Waals surface area (Å²) in [7, 11) is 1.10. The van der Waals surface area contributed by atoms with Crippen molar-refractivity contribution in [3.8, 4) is 11.8 Å². The molecule has 23 heavy (non-hydrogen) atoms. The van der Waals surface area contributed by atoms with Crippen molar-refractivity contribution in [1.82, 2.24) is 9.61 Å². The first-order chi connectivity index (χ1) is 11.0. The third kappa shape index (κ3) is 3.05. The van der Waals surface area contributed by atoms with Crippen LogP contribution in [0.15, 0.2) is 18.5 Å². The zero-order valence-corrected chi connectivity index (χ0v) is 14.5. The van der Waals surface area contributed by atoms with Gasteiger partial charge in [0, 0.05) is 11.7 Å². The monoisotopic (exact) mass is 315 g/mol. The number of fused-ring (bicyclic) bond motifs is 1. The van der Waals surface area contributed by atoms with Crippen LogP contribution in [0.3, 0.4) is 0 Å². The molecular weight excluding hydrogens is 293 g/mol. The van der Waals surface area contributed by atoms with Gasteiger partial charge in [0.25, 0.3) is 0 Å². The summed E-state index contributed by atoms with van der Waals surface area (Å²) in [4.78, 5) is 0. The van der Waals surface area contributed by atoms with Crippen LogP contribution in [0.4, 0.5) is 0 Å². The Balaban J connectivity index is 0.000000924. The Bertz CT molecular complexity index is 736. The van der Waals surface area contributed by atoms with E-state index in [0.29, 0.717) is 16.8 Å². The largest absolute Gasteiger partial charge is 0.496 e. The van der Waals surface area contributed by atoms with Crippen molar-refractivity contribution < 1.29 is 14.0 Å². The van der Waals surface area contributed by atoms with Gasteiger partial charge < -0.3 is 14.0 Å². The lowest BCUT2D eigenvalue weighted by Crippen LogP contribution is -2.35. The molecule has 0 spiro atoms. The van der Waals surface area contributed by atoms with Crippen molar-refractivity contribution in [3.63, 3.8) is 0 Å². The molecule has 3 rings (SSSR count). The van der Waals surface area contributed by atoms with E-state index in [2.05, 4.69) is 11.2 Å². The molecule has 1 saturated heterocycles. The van der Waals surface area contributed by atoms with Crippen molar-refractivity contribution >= 4 is 18.1 Å². The lowest BCUT2D eigenvalue weighted by atomic mass is 9.80. The van der Waals surface area contributed by atoms with Crippen LogP contribution in [0.2, 0.25) is 0 Å². The number of hydrogen-bond donors (Lipinski definition) is 0. The molecule has 1 unspecified atom stereocenters. The van der Waals surface area contributed by atoms with E-state index in [4.69, 9.17) is 19.3 Å². The SMILES string of the molecule is CC.COc1cc(B2OC(C)C(C)(C)O2)cn2ncc(C#N)c12. The number of methoxy groups -OCH3 is 1. The maximum Gasteiger partial charge on any atom is 0.496 e. The minimum Gasteiger partial charge on any atom is -0.494 e. The molecule has 3 heterocycles. The summed E-state index contributed by atoms with van der Waals surface area (Å²) >= 11 is 0. The van der Waals surface area contributed by atoms with E-state index < -0.39 is 7.12 Å². The lowest BCUT2D eigenvalue weighted by Gasteiger charge is -2.21. The smallest absolute Gasteiger partial charge is 0.494 e. The molecule has 2 aromatic heterocycles. The highest BCUT2D eigenvalue weighted by molar-refractivity contribution is 6.62. The zero-order valence-electron chi connectivity index (χ0n) is 14.5. The quantitative estimate of drug-likeness (QED) is 0.794. The van der Waals surface area contributed by atoms with Gasteiger partial charge in [-0.1, -0.05) is 13.8 Å². The van der Waals surface area contributed by atoms with Gasteiger partial charge >= 0.3 is 7.12 Å². The van der Waals surface area contributed by atoms with Crippen molar-refractivity contribution in [1.29, 1.82) is 5.26 Å². The molecule has 0 N–H and O–H groups in total. The third-order valence-corrected chi connectivity index (χ3v) is 3.93. The van der Waals surface area contributed by atoms with Crippen LogP contribution in [-0.4, -0.2) is 35.5 Å². The highest BCUT2D eigenvalue weighted by atomic mass is 16.7. The summed E-state index contributed by atoms with van der Waals surface area (Å²) in [5.74, 6) is 0.575. The Morgan fingerprint density at radius 2 is 2.13 bits per heavy atom. The minimum absolute atomic E-state index is 0.0171. The second kappa shape index (κ2) is 6.61. The molecule has 1 aliphatic rings. The Morgan fingerprint density at radius 1 is 1.43 bits per heavy atom. The van der Waals surface area contributed by atoms with E-state index in [1.807, 2.05) is 40.7 Å². The second-order valence-corrected chi connectivity index (χ2v) is 5.64. The molecule has 2 aromatic rings. The Labute approximate surface area is 137 Å². The molecule has 1 fully saturated rings. The van der Waals surface area contributed by atoms with Crippen LogP contribution in [0, 0.1) is 11.3 Å². The van der Waals surface area contributed by atoms with Gasteiger partial charge in [0.15, 0.2) is 0 Å². The molecule has 0 aliphatic carbocycles. The van der Waals surface area contributed by atoms with E-state index in [1.165, 1.54) is 6.20 Å². The maximum atomic E-state index is 9.12.